The Bertz CT molecular complexity index is 1080. The smallest absolute Gasteiger partial charge is 0.305 e. The van der Waals surface area contributed by atoms with Crippen LogP contribution in [0.25, 0.3) is 0 Å². The van der Waals surface area contributed by atoms with E-state index >= 15 is 0 Å². The van der Waals surface area contributed by atoms with Gasteiger partial charge in [0.15, 0.2) is 5.79 Å². The van der Waals surface area contributed by atoms with Crippen LogP contribution in [0.5, 0.6) is 0 Å². The van der Waals surface area contributed by atoms with Crippen LogP contribution in [0.15, 0.2) is 12.2 Å². The van der Waals surface area contributed by atoms with Gasteiger partial charge in [0, 0.05) is 17.8 Å². The summed E-state index contributed by atoms with van der Waals surface area (Å²) in [7, 11) is 0. The van der Waals surface area contributed by atoms with Gasteiger partial charge in [-0.3, -0.25) is 9.59 Å². The molecule has 0 aromatic carbocycles. The van der Waals surface area contributed by atoms with Crippen molar-refractivity contribution in [2.24, 2.45) is 35.5 Å². The van der Waals surface area contributed by atoms with Gasteiger partial charge >= 0.3 is 5.97 Å². The Morgan fingerprint density at radius 1 is 0.979 bits per heavy atom. The highest BCUT2D eigenvalue weighted by Crippen LogP contribution is 2.46. The normalized spacial score (nSPS) is 41.1. The lowest BCUT2D eigenvalue weighted by Crippen LogP contribution is -2.56. The van der Waals surface area contributed by atoms with Gasteiger partial charge in [0.2, 0.25) is 0 Å². The van der Waals surface area contributed by atoms with Crippen molar-refractivity contribution in [3.05, 3.63) is 12.2 Å². The summed E-state index contributed by atoms with van der Waals surface area (Å²) in [6.07, 6.45) is 9.42. The highest BCUT2D eigenvalue weighted by Gasteiger charge is 2.51. The van der Waals surface area contributed by atoms with Crippen LogP contribution < -0.4 is 0 Å². The zero-order valence-electron chi connectivity index (χ0n) is 30.2. The molecule has 15 atom stereocenters. The van der Waals surface area contributed by atoms with Crippen LogP contribution in [-0.2, 0) is 28.5 Å². The molecular weight excluding hydrogens is 600 g/mol. The molecule has 47 heavy (non-hydrogen) atoms. The SMILES string of the molecule is CCC(C(=O)[C@@H](C)C[C@H](C)[C@@H]1O[C@@H](CC(=O)O)CC[C@@H]1C)[C@H]1O[C@]2(C=CC[C@H](CCC(C)(O)[C@H]3CC[C@@H](O)[C@H](C)O3)O2)[C@H](C)C[C@@H]1C. The van der Waals surface area contributed by atoms with Gasteiger partial charge in [0.25, 0.3) is 0 Å². The molecule has 0 saturated carbocycles. The molecule has 9 heteroatoms. The lowest BCUT2D eigenvalue weighted by molar-refractivity contribution is -0.314. The molecule has 3 saturated heterocycles. The minimum Gasteiger partial charge on any atom is -0.481 e. The molecule has 4 aliphatic heterocycles. The summed E-state index contributed by atoms with van der Waals surface area (Å²) in [5.74, 6) is -1.24. The number of aliphatic hydroxyl groups excluding tert-OH is 1. The van der Waals surface area contributed by atoms with Gasteiger partial charge in [-0.25, -0.2) is 0 Å². The van der Waals surface area contributed by atoms with Crippen molar-refractivity contribution in [3.63, 3.8) is 0 Å². The molecule has 4 aliphatic rings. The van der Waals surface area contributed by atoms with Crippen molar-refractivity contribution in [2.45, 2.75) is 180 Å². The van der Waals surface area contributed by atoms with Crippen LogP contribution in [0.3, 0.4) is 0 Å². The Morgan fingerprint density at radius 2 is 1.70 bits per heavy atom. The average Bonchev–Trinajstić information content (AvgIpc) is 3.01. The van der Waals surface area contributed by atoms with Crippen LogP contribution in [0, 0.1) is 35.5 Å². The Morgan fingerprint density at radius 3 is 2.36 bits per heavy atom. The Labute approximate surface area is 283 Å². The Kier molecular flexibility index (Phi) is 13.2. The summed E-state index contributed by atoms with van der Waals surface area (Å²) in [5.41, 5.74) is -1.03. The van der Waals surface area contributed by atoms with Gasteiger partial charge < -0.3 is 34.3 Å². The molecule has 0 aliphatic carbocycles. The molecule has 4 rings (SSSR count). The van der Waals surface area contributed by atoms with Crippen molar-refractivity contribution in [1.29, 1.82) is 0 Å². The van der Waals surface area contributed by atoms with Crippen molar-refractivity contribution in [3.8, 4) is 0 Å². The third-order valence-corrected chi connectivity index (χ3v) is 11.9. The fourth-order valence-electron chi connectivity index (χ4n) is 8.93. The van der Waals surface area contributed by atoms with Crippen LogP contribution in [0.2, 0.25) is 0 Å². The molecule has 1 spiro atoms. The monoisotopic (exact) mass is 664 g/mol. The minimum absolute atomic E-state index is 0.0231. The molecule has 9 nitrogen and oxygen atoms in total. The molecule has 0 radical (unpaired) electrons. The zero-order valence-corrected chi connectivity index (χ0v) is 30.2. The van der Waals surface area contributed by atoms with Crippen LogP contribution in [-0.4, -0.2) is 81.2 Å². The molecular formula is C38H64O9. The number of carbonyl (C=O) groups is 2. The van der Waals surface area contributed by atoms with Gasteiger partial charge in [-0.2, -0.15) is 0 Å². The van der Waals surface area contributed by atoms with Crippen LogP contribution in [0.1, 0.15) is 126 Å². The van der Waals surface area contributed by atoms with Crippen LogP contribution >= 0.6 is 0 Å². The highest BCUT2D eigenvalue weighted by atomic mass is 16.7. The third kappa shape index (κ3) is 9.26. The molecule has 3 N–H and O–H groups in total. The van der Waals surface area contributed by atoms with Gasteiger partial charge in [-0.1, -0.05) is 47.6 Å². The van der Waals surface area contributed by atoms with Crippen molar-refractivity contribution in [1.82, 2.24) is 0 Å². The first-order valence-electron chi connectivity index (χ1n) is 18.6. The van der Waals surface area contributed by atoms with E-state index in [1.165, 1.54) is 0 Å². The molecule has 0 amide bonds. The summed E-state index contributed by atoms with van der Waals surface area (Å²) in [6.45, 7) is 16.4. The largest absolute Gasteiger partial charge is 0.481 e. The van der Waals surface area contributed by atoms with Crippen molar-refractivity contribution >= 4 is 11.8 Å². The summed E-state index contributed by atoms with van der Waals surface area (Å²) in [5, 5.41) is 30.7. The van der Waals surface area contributed by atoms with Gasteiger partial charge in [-0.15, -0.1) is 0 Å². The van der Waals surface area contributed by atoms with E-state index in [2.05, 4.69) is 46.8 Å². The van der Waals surface area contributed by atoms with E-state index in [9.17, 15) is 24.9 Å². The number of aliphatic carboxylic acids is 1. The van der Waals surface area contributed by atoms with Gasteiger partial charge in [0.05, 0.1) is 54.7 Å². The molecule has 4 heterocycles. The maximum Gasteiger partial charge on any atom is 0.305 e. The first kappa shape index (κ1) is 38.4. The average molecular weight is 665 g/mol. The standard InChI is InChI=1S/C38H64O9/c1-9-30(34(42)23(3)19-24(4)35-22(2)12-13-29(45-35)21-33(40)41)36-25(5)20-26(6)38(47-36)17-10-11-28(46-38)16-18-37(8,43)32-15-14-31(39)27(7)44-32/h10,17,22-32,35-36,39,43H,9,11-16,18-21H2,1-8H3,(H,40,41)/t22-,23-,24-,25-,26+,27-,28+,29+,30?,31+,32+,35+,36-,37?,38+/m0/s1. The second-order valence-electron chi connectivity index (χ2n) is 16.1. The maximum atomic E-state index is 14.1. The predicted octanol–water partition coefficient (Wildman–Crippen LogP) is 6.46. The van der Waals surface area contributed by atoms with Crippen LogP contribution in [0.4, 0.5) is 0 Å². The van der Waals surface area contributed by atoms with Crippen molar-refractivity contribution < 1.29 is 43.9 Å². The zero-order chi connectivity index (χ0) is 34.7. The molecule has 270 valence electrons. The molecule has 0 bridgehead atoms. The first-order chi connectivity index (χ1) is 22.1. The van der Waals surface area contributed by atoms with E-state index in [4.69, 9.17) is 18.9 Å². The summed E-state index contributed by atoms with van der Waals surface area (Å²) < 4.78 is 26.0. The topological polar surface area (TPSA) is 132 Å². The number of aliphatic hydroxyl groups is 2. The number of Topliss-reactive ketones (excluding diaryl/α,β-unsaturated/α-hetero) is 1. The molecule has 3 fully saturated rings. The number of hydrogen-bond acceptors (Lipinski definition) is 8. The predicted molar refractivity (Wildman–Crippen MR) is 180 cm³/mol. The number of ketones is 1. The fraction of sp³-hybridized carbons (Fsp3) is 0.895. The number of carbonyl (C=O) groups excluding carboxylic acids is 1. The minimum atomic E-state index is -1.03. The van der Waals surface area contributed by atoms with E-state index < -0.39 is 23.5 Å². The number of carboxylic acid groups (broad SMARTS) is 1. The third-order valence-electron chi connectivity index (χ3n) is 11.9. The van der Waals surface area contributed by atoms with E-state index in [0.29, 0.717) is 44.4 Å². The van der Waals surface area contributed by atoms with E-state index in [0.717, 1.165) is 25.7 Å². The summed E-state index contributed by atoms with van der Waals surface area (Å²) in [6, 6.07) is 0. The lowest BCUT2D eigenvalue weighted by atomic mass is 9.73. The van der Waals surface area contributed by atoms with E-state index in [-0.39, 0.29) is 78.4 Å². The second-order valence-corrected chi connectivity index (χ2v) is 16.1. The van der Waals surface area contributed by atoms with Gasteiger partial charge in [0.1, 0.15) is 5.78 Å². The summed E-state index contributed by atoms with van der Waals surface area (Å²) >= 11 is 0. The molecule has 2 unspecified atom stereocenters. The quantitative estimate of drug-likeness (QED) is 0.190. The lowest BCUT2D eigenvalue weighted by Gasteiger charge is -2.51. The van der Waals surface area contributed by atoms with E-state index in [1.807, 2.05) is 20.8 Å². The maximum absolute atomic E-state index is 14.1. The fourth-order valence-corrected chi connectivity index (χ4v) is 8.93. The number of ether oxygens (including phenoxy) is 4. The molecule has 0 aromatic rings. The number of rotatable bonds is 13. The summed E-state index contributed by atoms with van der Waals surface area (Å²) in [4.78, 5) is 25.4. The van der Waals surface area contributed by atoms with Gasteiger partial charge in [-0.05, 0) is 102 Å². The highest BCUT2D eigenvalue weighted by molar-refractivity contribution is 5.83. The Balaban J connectivity index is 1.39. The molecule has 0 aromatic heterocycles. The van der Waals surface area contributed by atoms with E-state index in [1.54, 1.807) is 0 Å². The van der Waals surface area contributed by atoms with Crippen molar-refractivity contribution in [2.75, 3.05) is 0 Å². The number of carboxylic acids is 1. The first-order valence-corrected chi connectivity index (χ1v) is 18.6. The second kappa shape index (κ2) is 16.1. The Hall–Kier alpha value is -1.36. The number of hydrogen-bond donors (Lipinski definition) is 3.